The van der Waals surface area contributed by atoms with Crippen LogP contribution in [-0.4, -0.2) is 10.7 Å². The smallest absolute Gasteiger partial charge is 0.196 e. The van der Waals surface area contributed by atoms with E-state index in [1.165, 1.54) is 6.07 Å². The fourth-order valence-electron chi connectivity index (χ4n) is 2.67. The van der Waals surface area contributed by atoms with Gasteiger partial charge in [-0.25, -0.2) is 0 Å². The Morgan fingerprint density at radius 2 is 2.05 bits per heavy atom. The van der Waals surface area contributed by atoms with Crippen LogP contribution in [0.4, 0.5) is 0 Å². The molecule has 20 heavy (non-hydrogen) atoms. The second-order valence-electron chi connectivity index (χ2n) is 6.11. The van der Waals surface area contributed by atoms with E-state index in [0.717, 1.165) is 0 Å². The summed E-state index contributed by atoms with van der Waals surface area (Å²) in [6.07, 6.45) is 0.678. The number of rotatable bonds is 0. The Morgan fingerprint density at radius 1 is 1.35 bits per heavy atom. The number of fused-ring (bicyclic) bond motifs is 2. The maximum atomic E-state index is 12.1. The molecule has 1 aromatic heterocycles. The van der Waals surface area contributed by atoms with Crippen LogP contribution in [0.5, 0.6) is 11.5 Å². The lowest BCUT2D eigenvalue weighted by Gasteiger charge is -2.38. The quantitative estimate of drug-likeness (QED) is 0.801. The molecule has 0 bridgehead atoms. The van der Waals surface area contributed by atoms with Crippen molar-refractivity contribution in [2.24, 2.45) is 5.92 Å². The van der Waals surface area contributed by atoms with Gasteiger partial charge in [0.25, 0.3) is 0 Å². The molecule has 4 heteroatoms. The minimum absolute atomic E-state index is 0.00593. The Hall–Kier alpha value is -1.97. The normalized spacial score (nSPS) is 20.5. The van der Waals surface area contributed by atoms with Crippen LogP contribution >= 0.6 is 0 Å². The highest BCUT2D eigenvalue weighted by molar-refractivity contribution is 5.87. The Kier molecular flexibility index (Phi) is 2.61. The van der Waals surface area contributed by atoms with Crippen molar-refractivity contribution < 1.29 is 14.3 Å². The maximum Gasteiger partial charge on any atom is 0.196 e. The fourth-order valence-corrected chi connectivity index (χ4v) is 2.67. The Bertz CT molecular complexity index is 755. The molecular weight excluding hydrogens is 256 g/mol. The molecule has 0 saturated heterocycles. The van der Waals surface area contributed by atoms with Crippen LogP contribution in [0.1, 0.15) is 32.1 Å². The number of benzene rings is 1. The first-order valence-corrected chi connectivity index (χ1v) is 6.78. The van der Waals surface area contributed by atoms with E-state index in [9.17, 15) is 9.90 Å². The van der Waals surface area contributed by atoms with Gasteiger partial charge in [-0.1, -0.05) is 6.92 Å². The van der Waals surface area contributed by atoms with Crippen molar-refractivity contribution >= 4 is 11.0 Å². The lowest BCUT2D eigenvalue weighted by molar-refractivity contribution is 0.0348. The fraction of sp³-hybridized carbons (Fsp3) is 0.438. The minimum atomic E-state index is -0.308. The standard InChI is InChI=1S/C16H18O4/c1-8-5-10-12(20-16(8,3)4)7-13-14(15(10)18)11(17)6-9(2)19-13/h6-8,18H,5H2,1-4H3. The van der Waals surface area contributed by atoms with Crippen LogP contribution in [0.15, 0.2) is 21.3 Å². The third-order valence-electron chi connectivity index (χ3n) is 4.25. The van der Waals surface area contributed by atoms with Crippen LogP contribution in [0.2, 0.25) is 0 Å². The van der Waals surface area contributed by atoms with E-state index in [-0.39, 0.29) is 28.1 Å². The maximum absolute atomic E-state index is 12.1. The molecule has 0 spiro atoms. The molecule has 0 fully saturated rings. The molecular formula is C16H18O4. The second-order valence-corrected chi connectivity index (χ2v) is 6.11. The molecule has 2 heterocycles. The first kappa shape index (κ1) is 13.0. The topological polar surface area (TPSA) is 59.7 Å². The first-order valence-electron chi connectivity index (χ1n) is 6.78. The highest BCUT2D eigenvalue weighted by Gasteiger charge is 2.36. The van der Waals surface area contributed by atoms with Gasteiger partial charge < -0.3 is 14.3 Å². The molecule has 1 aliphatic rings. The zero-order valence-corrected chi connectivity index (χ0v) is 12.1. The number of phenols is 1. The van der Waals surface area contributed by atoms with Gasteiger partial charge in [0.1, 0.15) is 33.8 Å². The molecule has 0 amide bonds. The van der Waals surface area contributed by atoms with Crippen molar-refractivity contribution in [3.63, 3.8) is 0 Å². The van der Waals surface area contributed by atoms with Crippen LogP contribution in [-0.2, 0) is 6.42 Å². The van der Waals surface area contributed by atoms with Gasteiger partial charge in [0.2, 0.25) is 0 Å². The van der Waals surface area contributed by atoms with E-state index in [1.807, 2.05) is 13.8 Å². The summed E-state index contributed by atoms with van der Waals surface area (Å²) < 4.78 is 11.5. The average Bonchev–Trinajstić information content (AvgIpc) is 2.30. The summed E-state index contributed by atoms with van der Waals surface area (Å²) in [5.74, 6) is 1.36. The van der Waals surface area contributed by atoms with E-state index < -0.39 is 0 Å². The van der Waals surface area contributed by atoms with Crippen LogP contribution in [0, 0.1) is 12.8 Å². The van der Waals surface area contributed by atoms with Crippen LogP contribution in [0.3, 0.4) is 0 Å². The molecule has 1 atom stereocenters. The predicted molar refractivity (Wildman–Crippen MR) is 76.5 cm³/mol. The van der Waals surface area contributed by atoms with E-state index in [4.69, 9.17) is 9.15 Å². The van der Waals surface area contributed by atoms with E-state index in [1.54, 1.807) is 13.0 Å². The van der Waals surface area contributed by atoms with E-state index >= 15 is 0 Å². The van der Waals surface area contributed by atoms with Gasteiger partial charge in [-0.05, 0) is 33.1 Å². The lowest BCUT2D eigenvalue weighted by atomic mass is 9.83. The predicted octanol–water partition coefficient (Wildman–Crippen LogP) is 3.16. The van der Waals surface area contributed by atoms with Gasteiger partial charge in [-0.3, -0.25) is 4.79 Å². The summed E-state index contributed by atoms with van der Waals surface area (Å²) >= 11 is 0. The number of ether oxygens (including phenoxy) is 1. The van der Waals surface area contributed by atoms with Crippen molar-refractivity contribution in [3.05, 3.63) is 33.7 Å². The SMILES string of the molecule is Cc1cc(=O)c2c(O)c3c(cc2o1)OC(C)(C)C(C)C3. The zero-order valence-electron chi connectivity index (χ0n) is 12.1. The van der Waals surface area contributed by atoms with E-state index in [0.29, 0.717) is 29.1 Å². The molecule has 0 saturated carbocycles. The first-order chi connectivity index (χ1) is 9.29. The molecule has 2 aromatic rings. The van der Waals surface area contributed by atoms with Crippen LogP contribution < -0.4 is 10.2 Å². The summed E-state index contributed by atoms with van der Waals surface area (Å²) in [6, 6.07) is 3.11. The van der Waals surface area contributed by atoms with Crippen molar-refractivity contribution in [2.45, 2.75) is 39.7 Å². The van der Waals surface area contributed by atoms with Crippen LogP contribution in [0.25, 0.3) is 11.0 Å². The zero-order chi connectivity index (χ0) is 14.7. The molecule has 1 unspecified atom stereocenters. The molecule has 4 nitrogen and oxygen atoms in total. The molecule has 1 aromatic carbocycles. The third-order valence-corrected chi connectivity index (χ3v) is 4.25. The molecule has 0 radical (unpaired) electrons. The highest BCUT2D eigenvalue weighted by atomic mass is 16.5. The summed E-state index contributed by atoms with van der Waals surface area (Å²) in [5, 5.41) is 10.7. The van der Waals surface area contributed by atoms with Gasteiger partial charge in [0.15, 0.2) is 5.43 Å². The summed E-state index contributed by atoms with van der Waals surface area (Å²) in [5.41, 5.74) is 0.538. The molecule has 106 valence electrons. The summed E-state index contributed by atoms with van der Waals surface area (Å²) in [4.78, 5) is 12.1. The number of aromatic hydroxyl groups is 1. The van der Waals surface area contributed by atoms with E-state index in [2.05, 4.69) is 6.92 Å². The largest absolute Gasteiger partial charge is 0.507 e. The summed E-state index contributed by atoms with van der Waals surface area (Å²) in [7, 11) is 0. The van der Waals surface area contributed by atoms with Gasteiger partial charge in [-0.15, -0.1) is 0 Å². The highest BCUT2D eigenvalue weighted by Crippen LogP contribution is 2.43. The van der Waals surface area contributed by atoms with Crippen molar-refractivity contribution in [3.8, 4) is 11.5 Å². The minimum Gasteiger partial charge on any atom is -0.507 e. The van der Waals surface area contributed by atoms with Crippen molar-refractivity contribution in [2.75, 3.05) is 0 Å². The lowest BCUT2D eigenvalue weighted by Crippen LogP contribution is -2.40. The number of hydrogen-bond acceptors (Lipinski definition) is 4. The van der Waals surface area contributed by atoms with Crippen molar-refractivity contribution in [1.29, 1.82) is 0 Å². The number of hydrogen-bond donors (Lipinski definition) is 1. The Morgan fingerprint density at radius 3 is 2.75 bits per heavy atom. The second kappa shape index (κ2) is 4.01. The van der Waals surface area contributed by atoms with Gasteiger partial charge in [0, 0.05) is 17.7 Å². The average molecular weight is 274 g/mol. The number of aryl methyl sites for hydroxylation is 1. The molecule has 0 aliphatic carbocycles. The third kappa shape index (κ3) is 1.79. The Labute approximate surface area is 117 Å². The molecule has 3 rings (SSSR count). The summed E-state index contributed by atoms with van der Waals surface area (Å²) in [6.45, 7) is 7.83. The number of phenolic OH excluding ortho intramolecular Hbond substituents is 1. The van der Waals surface area contributed by atoms with Gasteiger partial charge >= 0.3 is 0 Å². The molecule has 1 N–H and O–H groups in total. The Balaban J connectivity index is 2.34. The van der Waals surface area contributed by atoms with Crippen molar-refractivity contribution in [1.82, 2.24) is 0 Å². The molecule has 1 aliphatic heterocycles. The van der Waals surface area contributed by atoms with Gasteiger partial charge in [-0.2, -0.15) is 0 Å². The monoisotopic (exact) mass is 274 g/mol. The van der Waals surface area contributed by atoms with Gasteiger partial charge in [0.05, 0.1) is 0 Å².